The first-order valence-electron chi connectivity index (χ1n) is 12.4. The van der Waals surface area contributed by atoms with Gasteiger partial charge in [-0.25, -0.2) is 4.79 Å². The van der Waals surface area contributed by atoms with E-state index in [0.29, 0.717) is 24.4 Å². The van der Waals surface area contributed by atoms with Crippen LogP contribution in [0.25, 0.3) is 0 Å². The molecule has 1 heterocycles. The number of nitrogens with one attached hydrogen (secondary N) is 2. The second kappa shape index (κ2) is 11.6. The number of hydrogen-bond donors (Lipinski definition) is 2. The molecular formula is C29H31N4O4+. The lowest BCUT2D eigenvalue weighted by atomic mass is 9.94. The van der Waals surface area contributed by atoms with Gasteiger partial charge < -0.3 is 10.6 Å². The van der Waals surface area contributed by atoms with Crippen molar-refractivity contribution >= 4 is 35.2 Å². The van der Waals surface area contributed by atoms with Crippen LogP contribution in [0.1, 0.15) is 25.0 Å². The smallest absolute Gasteiger partial charge is 0.354 e. The summed E-state index contributed by atoms with van der Waals surface area (Å²) in [7, 11) is 0. The molecule has 2 aromatic rings. The number of fused-ring (bicyclic) bond motifs is 1. The molecule has 1 unspecified atom stereocenters. The van der Waals surface area contributed by atoms with Gasteiger partial charge in [0, 0.05) is 12.6 Å². The maximum atomic E-state index is 13.5. The highest BCUT2D eigenvalue weighted by Gasteiger charge is 2.48. The van der Waals surface area contributed by atoms with Gasteiger partial charge in [0.15, 0.2) is 6.54 Å². The van der Waals surface area contributed by atoms with E-state index in [1.165, 1.54) is 4.58 Å². The van der Waals surface area contributed by atoms with Crippen molar-refractivity contribution in [2.45, 2.75) is 32.7 Å². The number of rotatable bonds is 9. The van der Waals surface area contributed by atoms with Crippen LogP contribution in [0.2, 0.25) is 0 Å². The van der Waals surface area contributed by atoms with Crippen LogP contribution in [-0.2, 0) is 27.2 Å². The average Bonchev–Trinajstić information content (AvgIpc) is 2.88. The van der Waals surface area contributed by atoms with Crippen molar-refractivity contribution in [1.29, 1.82) is 0 Å². The van der Waals surface area contributed by atoms with Gasteiger partial charge in [0.05, 0.1) is 6.42 Å². The minimum absolute atomic E-state index is 0.0416. The fourth-order valence-corrected chi connectivity index (χ4v) is 4.37. The zero-order valence-electron chi connectivity index (χ0n) is 21.0. The maximum Gasteiger partial charge on any atom is 0.506 e. The Morgan fingerprint density at radius 3 is 2.38 bits per heavy atom. The second-order valence-electron chi connectivity index (χ2n) is 9.34. The molecule has 0 bridgehead atoms. The minimum Gasteiger partial charge on any atom is -0.354 e. The Labute approximate surface area is 216 Å². The number of imide groups is 1. The molecule has 37 heavy (non-hydrogen) atoms. The zero-order chi connectivity index (χ0) is 26.4. The molecule has 0 radical (unpaired) electrons. The van der Waals surface area contributed by atoms with Crippen LogP contribution in [0, 0.1) is 5.92 Å². The van der Waals surface area contributed by atoms with E-state index in [-0.39, 0.29) is 36.7 Å². The molecule has 2 aromatic carbocycles. The number of hydrogen-bond acceptors (Lipinski definition) is 4. The molecular weight excluding hydrogens is 468 g/mol. The monoisotopic (exact) mass is 499 g/mol. The van der Waals surface area contributed by atoms with Crippen molar-refractivity contribution in [3.63, 3.8) is 0 Å². The number of benzene rings is 2. The van der Waals surface area contributed by atoms with Gasteiger partial charge >= 0.3 is 11.9 Å². The molecule has 190 valence electrons. The molecule has 0 saturated heterocycles. The molecule has 8 nitrogen and oxygen atoms in total. The maximum absolute atomic E-state index is 13.5. The molecule has 1 atom stereocenters. The Balaban J connectivity index is 1.49. The van der Waals surface area contributed by atoms with Crippen LogP contribution >= 0.6 is 0 Å². The van der Waals surface area contributed by atoms with E-state index < -0.39 is 11.9 Å². The summed E-state index contributed by atoms with van der Waals surface area (Å²) in [6.45, 7) is 4.02. The SMILES string of the molecule is CC(C)NC(=O)Cc1ccc(N2C(=O)C3C=CC=CC3=[N+](CC(=O)NCCc3ccccc3)C2=O)cc1. The molecule has 5 amide bonds. The van der Waals surface area contributed by atoms with Crippen molar-refractivity contribution in [1.82, 2.24) is 10.6 Å². The standard InChI is InChI=1S/C29H30N4O4/c1-20(2)31-26(34)18-22-12-14-23(15-13-22)33-28(36)24-10-6-7-11-25(24)32(29(33)37)19-27(35)30-17-16-21-8-4-3-5-9-21/h3-15,20,24H,16-19H2,1-2H3,(H-,30,31,34,35)/p+1. The number of anilines is 1. The molecule has 2 N–H and O–H groups in total. The van der Waals surface area contributed by atoms with Gasteiger partial charge in [0.1, 0.15) is 17.3 Å². The second-order valence-corrected chi connectivity index (χ2v) is 9.34. The third kappa shape index (κ3) is 6.27. The fourth-order valence-electron chi connectivity index (χ4n) is 4.37. The summed E-state index contributed by atoms with van der Waals surface area (Å²) >= 11 is 0. The van der Waals surface area contributed by atoms with Gasteiger partial charge in [0.25, 0.3) is 5.91 Å². The third-order valence-electron chi connectivity index (χ3n) is 6.11. The molecule has 8 heteroatoms. The van der Waals surface area contributed by atoms with Gasteiger partial charge in [0.2, 0.25) is 5.91 Å². The molecule has 4 rings (SSSR count). The molecule has 0 spiro atoms. The van der Waals surface area contributed by atoms with Crippen LogP contribution in [0.3, 0.4) is 0 Å². The summed E-state index contributed by atoms with van der Waals surface area (Å²) in [6.07, 6.45) is 7.81. The average molecular weight is 500 g/mol. The summed E-state index contributed by atoms with van der Waals surface area (Å²) < 4.78 is 1.36. The van der Waals surface area contributed by atoms with Crippen LogP contribution in [0.15, 0.2) is 78.9 Å². The Morgan fingerprint density at radius 1 is 0.946 bits per heavy atom. The summed E-state index contributed by atoms with van der Waals surface area (Å²) in [5.41, 5.74) is 2.74. The highest BCUT2D eigenvalue weighted by Crippen LogP contribution is 2.25. The van der Waals surface area contributed by atoms with E-state index in [1.807, 2.05) is 44.2 Å². The number of amides is 5. The van der Waals surface area contributed by atoms with Crippen molar-refractivity contribution < 1.29 is 23.8 Å². The Morgan fingerprint density at radius 2 is 1.68 bits per heavy atom. The first kappa shape index (κ1) is 25.8. The van der Waals surface area contributed by atoms with Crippen molar-refractivity contribution in [3.8, 4) is 0 Å². The van der Waals surface area contributed by atoms with E-state index in [1.54, 1.807) is 48.6 Å². The largest absolute Gasteiger partial charge is 0.506 e. The fraction of sp³-hybridized carbons (Fsp3) is 0.276. The predicted octanol–water partition coefficient (Wildman–Crippen LogP) is 2.77. The van der Waals surface area contributed by atoms with E-state index in [0.717, 1.165) is 16.0 Å². The summed E-state index contributed by atoms with van der Waals surface area (Å²) in [4.78, 5) is 52.8. The van der Waals surface area contributed by atoms with Crippen LogP contribution in [-0.4, -0.2) is 53.2 Å². The number of carbonyl (C=O) groups is 4. The zero-order valence-corrected chi connectivity index (χ0v) is 21.0. The van der Waals surface area contributed by atoms with Crippen molar-refractivity contribution in [3.05, 3.63) is 90.0 Å². The molecule has 0 fully saturated rings. The van der Waals surface area contributed by atoms with Gasteiger partial charge in [-0.15, -0.1) is 4.90 Å². The number of carbonyl (C=O) groups excluding carboxylic acids is 4. The number of nitrogens with zero attached hydrogens (tertiary/aromatic N) is 2. The topological polar surface area (TPSA) is 98.6 Å². The Kier molecular flexibility index (Phi) is 8.08. The minimum atomic E-state index is -0.670. The highest BCUT2D eigenvalue weighted by molar-refractivity contribution is 6.26. The van der Waals surface area contributed by atoms with Crippen LogP contribution in [0.4, 0.5) is 10.5 Å². The van der Waals surface area contributed by atoms with E-state index in [2.05, 4.69) is 10.6 Å². The quantitative estimate of drug-likeness (QED) is 0.519. The first-order valence-corrected chi connectivity index (χ1v) is 12.4. The lowest BCUT2D eigenvalue weighted by Crippen LogP contribution is -2.56. The van der Waals surface area contributed by atoms with E-state index in [4.69, 9.17) is 0 Å². The van der Waals surface area contributed by atoms with Crippen molar-refractivity contribution in [2.75, 3.05) is 18.0 Å². The van der Waals surface area contributed by atoms with E-state index >= 15 is 0 Å². The number of urea groups is 1. The highest BCUT2D eigenvalue weighted by atomic mass is 16.2. The first-order chi connectivity index (χ1) is 17.8. The van der Waals surface area contributed by atoms with Gasteiger partial charge in [-0.2, -0.15) is 9.37 Å². The molecule has 1 aliphatic heterocycles. The van der Waals surface area contributed by atoms with Gasteiger partial charge in [-0.3, -0.25) is 9.59 Å². The molecule has 0 aromatic heterocycles. The number of allylic oxidation sites excluding steroid dienone is 3. The van der Waals surface area contributed by atoms with Crippen LogP contribution < -0.4 is 15.5 Å². The van der Waals surface area contributed by atoms with E-state index in [9.17, 15) is 19.2 Å². The molecule has 2 aliphatic rings. The summed E-state index contributed by atoms with van der Waals surface area (Å²) in [5.74, 6) is -1.46. The predicted molar refractivity (Wildman–Crippen MR) is 141 cm³/mol. The van der Waals surface area contributed by atoms with Gasteiger partial charge in [-0.05, 0) is 49.6 Å². The molecule has 1 aliphatic carbocycles. The van der Waals surface area contributed by atoms with Crippen LogP contribution in [0.5, 0.6) is 0 Å². The summed E-state index contributed by atoms with van der Waals surface area (Å²) in [6, 6.07) is 16.0. The normalized spacial score (nSPS) is 16.7. The van der Waals surface area contributed by atoms with Crippen molar-refractivity contribution in [2.24, 2.45) is 5.92 Å². The Hall–Kier alpha value is -4.33. The Bertz CT molecular complexity index is 1280. The van der Waals surface area contributed by atoms with Gasteiger partial charge in [-0.1, -0.05) is 60.7 Å². The summed E-state index contributed by atoms with van der Waals surface area (Å²) in [5, 5.41) is 5.71. The third-order valence-corrected chi connectivity index (χ3v) is 6.11. The lowest BCUT2D eigenvalue weighted by Gasteiger charge is -2.26. The lowest BCUT2D eigenvalue weighted by molar-refractivity contribution is -0.417. The molecule has 0 saturated carbocycles.